The van der Waals surface area contributed by atoms with Gasteiger partial charge in [-0.2, -0.15) is 12.7 Å². The van der Waals surface area contributed by atoms with Crippen molar-refractivity contribution in [1.82, 2.24) is 24.6 Å². The van der Waals surface area contributed by atoms with Crippen molar-refractivity contribution in [1.29, 1.82) is 0 Å². The molecule has 1 aliphatic heterocycles. The van der Waals surface area contributed by atoms with E-state index in [2.05, 4.69) is 32.5 Å². The van der Waals surface area contributed by atoms with E-state index in [-0.39, 0.29) is 11.6 Å². The van der Waals surface area contributed by atoms with Gasteiger partial charge in [0, 0.05) is 37.4 Å². The zero-order chi connectivity index (χ0) is 23.4. The predicted octanol–water partition coefficient (Wildman–Crippen LogP) is 2.32. The van der Waals surface area contributed by atoms with Crippen molar-refractivity contribution in [3.63, 3.8) is 0 Å². The highest BCUT2D eigenvalue weighted by molar-refractivity contribution is 7.87. The van der Waals surface area contributed by atoms with E-state index in [4.69, 9.17) is 11.6 Å². The molecule has 3 N–H and O–H groups in total. The minimum absolute atomic E-state index is 0.268. The van der Waals surface area contributed by atoms with Crippen molar-refractivity contribution in [2.24, 2.45) is 23.7 Å². The number of piperidine rings is 1. The fraction of sp³-hybridized carbons (Fsp3) is 0.591. The van der Waals surface area contributed by atoms with Crippen LogP contribution in [0.25, 0.3) is 0 Å². The molecule has 2 aliphatic carbocycles. The van der Waals surface area contributed by atoms with Crippen LogP contribution in [-0.4, -0.2) is 55.8 Å². The maximum atomic E-state index is 12.6. The number of hydrogen-bond donors (Lipinski definition) is 3. The molecule has 3 atom stereocenters. The monoisotopic (exact) mass is 495 g/mol. The number of nitrogens with one attached hydrogen (secondary N) is 3. The number of aromatic nitrogens is 1. The van der Waals surface area contributed by atoms with Gasteiger partial charge in [0.2, 0.25) is 0 Å². The summed E-state index contributed by atoms with van der Waals surface area (Å²) in [5.41, 5.74) is 0.268. The number of pyridine rings is 1. The number of fused-ring (bicyclic) bond motifs is 2. The molecule has 11 heteroatoms. The molecule has 2 bridgehead atoms. The van der Waals surface area contributed by atoms with E-state index in [0.717, 1.165) is 19.3 Å². The van der Waals surface area contributed by atoms with Crippen LogP contribution in [0.3, 0.4) is 0 Å². The number of halogens is 1. The Morgan fingerprint density at radius 3 is 2.61 bits per heavy atom. The SMILES string of the molecule is O=C(NCC1CC2C=CC1C2)NS(=O)(=O)N1CCC(CCNC(=O)c2cc(Cl)ccn2)CC1. The summed E-state index contributed by atoms with van der Waals surface area (Å²) in [6.45, 7) is 1.65. The minimum atomic E-state index is -3.87. The Balaban J connectivity index is 1.14. The topological polar surface area (TPSA) is 121 Å². The lowest BCUT2D eigenvalue weighted by Gasteiger charge is -2.31. The standard InChI is InChI=1S/C22H30ClN5O4S/c23-19-4-8-24-20(13-19)21(29)25-7-3-15-5-9-28(10-6-15)33(31,32)27-22(30)26-14-18-12-16-1-2-17(18)11-16/h1-2,4,8,13,15-18H,3,5-7,9-12,14H2,(H,25,29)(H2,26,27,30). The Bertz CT molecular complexity index is 1010. The Kier molecular flexibility index (Phi) is 7.55. The molecule has 0 radical (unpaired) electrons. The average molecular weight is 496 g/mol. The first-order valence-corrected chi connectivity index (χ1v) is 13.3. The summed E-state index contributed by atoms with van der Waals surface area (Å²) in [5, 5.41) is 6.00. The van der Waals surface area contributed by atoms with Gasteiger partial charge in [-0.1, -0.05) is 23.8 Å². The first kappa shape index (κ1) is 24.0. The smallest absolute Gasteiger partial charge is 0.329 e. The van der Waals surface area contributed by atoms with E-state index in [1.807, 2.05) is 0 Å². The number of rotatable bonds is 8. The van der Waals surface area contributed by atoms with Crippen LogP contribution in [0.5, 0.6) is 0 Å². The van der Waals surface area contributed by atoms with Gasteiger partial charge in [-0.25, -0.2) is 9.52 Å². The molecule has 1 aromatic heterocycles. The number of nitrogens with zero attached hydrogens (tertiary/aromatic N) is 2. The summed E-state index contributed by atoms with van der Waals surface area (Å²) >= 11 is 5.88. The molecule has 33 heavy (non-hydrogen) atoms. The molecule has 1 saturated carbocycles. The number of hydrogen-bond acceptors (Lipinski definition) is 5. The van der Waals surface area contributed by atoms with E-state index in [9.17, 15) is 18.0 Å². The van der Waals surface area contributed by atoms with Gasteiger partial charge in [-0.15, -0.1) is 0 Å². The lowest BCUT2D eigenvalue weighted by molar-refractivity contribution is 0.0945. The fourth-order valence-corrected chi connectivity index (χ4v) is 6.31. The van der Waals surface area contributed by atoms with Crippen molar-refractivity contribution < 1.29 is 18.0 Å². The van der Waals surface area contributed by atoms with Crippen LogP contribution >= 0.6 is 11.6 Å². The highest BCUT2D eigenvalue weighted by Crippen LogP contribution is 2.42. The summed E-state index contributed by atoms with van der Waals surface area (Å²) in [5.74, 6) is 1.51. The molecule has 1 aromatic rings. The first-order chi connectivity index (χ1) is 15.8. The third kappa shape index (κ3) is 6.24. The fourth-order valence-electron chi connectivity index (χ4n) is 5.02. The van der Waals surface area contributed by atoms with E-state index in [0.29, 0.717) is 67.7 Å². The number of allylic oxidation sites excluding steroid dienone is 2. The maximum Gasteiger partial charge on any atom is 0.329 e. The molecule has 3 amide bonds. The molecule has 3 aliphatic rings. The van der Waals surface area contributed by atoms with Gasteiger partial charge in [-0.05, 0) is 67.9 Å². The van der Waals surface area contributed by atoms with Gasteiger partial charge in [0.05, 0.1) is 0 Å². The number of carbonyl (C=O) groups is 2. The molecule has 3 unspecified atom stereocenters. The van der Waals surface area contributed by atoms with Crippen LogP contribution in [0.2, 0.25) is 5.02 Å². The summed E-state index contributed by atoms with van der Waals surface area (Å²) in [6.07, 6.45) is 10.2. The summed E-state index contributed by atoms with van der Waals surface area (Å²) < 4.78 is 28.6. The van der Waals surface area contributed by atoms with E-state index in [1.54, 1.807) is 6.07 Å². The van der Waals surface area contributed by atoms with Gasteiger partial charge < -0.3 is 10.6 Å². The van der Waals surface area contributed by atoms with Gasteiger partial charge >= 0.3 is 16.2 Å². The van der Waals surface area contributed by atoms with Crippen LogP contribution in [0.15, 0.2) is 30.5 Å². The third-order valence-electron chi connectivity index (χ3n) is 6.87. The Hall–Kier alpha value is -2.17. The molecule has 180 valence electrons. The normalized spacial score (nSPS) is 25.2. The molecule has 2 fully saturated rings. The van der Waals surface area contributed by atoms with Gasteiger partial charge in [0.25, 0.3) is 5.91 Å². The zero-order valence-corrected chi connectivity index (χ0v) is 19.9. The highest BCUT2D eigenvalue weighted by atomic mass is 35.5. The summed E-state index contributed by atoms with van der Waals surface area (Å²) in [7, 11) is -3.87. The lowest BCUT2D eigenvalue weighted by atomic mass is 9.94. The number of urea groups is 1. The van der Waals surface area contributed by atoms with Gasteiger partial charge in [0.15, 0.2) is 0 Å². The van der Waals surface area contributed by atoms with E-state index < -0.39 is 16.2 Å². The number of carbonyl (C=O) groups excluding carboxylic acids is 2. The van der Waals surface area contributed by atoms with Crippen LogP contribution in [0.4, 0.5) is 4.79 Å². The van der Waals surface area contributed by atoms with E-state index >= 15 is 0 Å². The van der Waals surface area contributed by atoms with Crippen LogP contribution < -0.4 is 15.4 Å². The highest BCUT2D eigenvalue weighted by Gasteiger charge is 2.36. The van der Waals surface area contributed by atoms with Gasteiger partial charge in [-0.3, -0.25) is 9.78 Å². The molecule has 0 spiro atoms. The van der Waals surface area contributed by atoms with Crippen molar-refractivity contribution in [2.45, 2.75) is 32.1 Å². The van der Waals surface area contributed by atoms with Crippen LogP contribution in [0.1, 0.15) is 42.6 Å². The number of amides is 3. The second kappa shape index (κ2) is 10.4. The molecule has 2 heterocycles. The van der Waals surface area contributed by atoms with Crippen LogP contribution in [-0.2, 0) is 10.2 Å². The Labute approximate surface area is 199 Å². The second-order valence-electron chi connectivity index (χ2n) is 9.10. The molecule has 0 aromatic carbocycles. The van der Waals surface area contributed by atoms with Crippen molar-refractivity contribution in [3.8, 4) is 0 Å². The Morgan fingerprint density at radius 1 is 1.15 bits per heavy atom. The summed E-state index contributed by atoms with van der Waals surface area (Å²) in [6, 6.07) is 2.45. The van der Waals surface area contributed by atoms with Gasteiger partial charge in [0.1, 0.15) is 5.69 Å². The van der Waals surface area contributed by atoms with Crippen molar-refractivity contribution >= 4 is 33.7 Å². The van der Waals surface area contributed by atoms with Crippen molar-refractivity contribution in [2.75, 3.05) is 26.2 Å². The zero-order valence-electron chi connectivity index (χ0n) is 18.4. The molecular formula is C22H30ClN5O4S. The minimum Gasteiger partial charge on any atom is -0.351 e. The van der Waals surface area contributed by atoms with Crippen LogP contribution in [0, 0.1) is 23.7 Å². The largest absolute Gasteiger partial charge is 0.351 e. The maximum absolute atomic E-state index is 12.6. The lowest BCUT2D eigenvalue weighted by Crippen LogP contribution is -2.50. The predicted molar refractivity (Wildman–Crippen MR) is 125 cm³/mol. The second-order valence-corrected chi connectivity index (χ2v) is 11.2. The third-order valence-corrected chi connectivity index (χ3v) is 8.59. The average Bonchev–Trinajstić information content (AvgIpc) is 3.41. The molecule has 1 saturated heterocycles. The Morgan fingerprint density at radius 2 is 1.94 bits per heavy atom. The quantitative estimate of drug-likeness (QED) is 0.478. The molecule has 9 nitrogen and oxygen atoms in total. The molecular weight excluding hydrogens is 466 g/mol. The van der Waals surface area contributed by atoms with Crippen molar-refractivity contribution in [3.05, 3.63) is 41.2 Å². The summed E-state index contributed by atoms with van der Waals surface area (Å²) in [4.78, 5) is 28.3. The first-order valence-electron chi connectivity index (χ1n) is 11.4. The molecule has 4 rings (SSSR count). The van der Waals surface area contributed by atoms with E-state index in [1.165, 1.54) is 16.6 Å².